The lowest BCUT2D eigenvalue weighted by atomic mass is 9.82. The van der Waals surface area contributed by atoms with Crippen molar-refractivity contribution in [1.29, 1.82) is 0 Å². The molecule has 0 bridgehead atoms. The van der Waals surface area contributed by atoms with Crippen molar-refractivity contribution in [2.45, 2.75) is 52.7 Å². The molecule has 2 aliphatic carbocycles. The fraction of sp³-hybridized carbons (Fsp3) is 0.706. The molecule has 5 nitrogen and oxygen atoms in total. The summed E-state index contributed by atoms with van der Waals surface area (Å²) in [4.78, 5) is 35.8. The molecule has 6 atom stereocenters. The number of ketones is 1. The van der Waals surface area contributed by atoms with Crippen LogP contribution in [0.3, 0.4) is 0 Å². The van der Waals surface area contributed by atoms with Crippen molar-refractivity contribution >= 4 is 17.7 Å². The van der Waals surface area contributed by atoms with Crippen LogP contribution in [0.2, 0.25) is 0 Å². The SMILES string of the molecule is CC(=O)O[C@@H]1C2=C(C)C(=O)C[C@@H]2[C@@H](C)C[C@H]2OC(=O)[C@H](C)[C@@H]12. The zero-order chi connectivity index (χ0) is 16.2. The highest BCUT2D eigenvalue weighted by Gasteiger charge is 2.54. The number of allylic oxidation sites excluding steroid dienone is 1. The van der Waals surface area contributed by atoms with Crippen LogP contribution in [0.15, 0.2) is 11.1 Å². The van der Waals surface area contributed by atoms with E-state index in [-0.39, 0.29) is 47.5 Å². The van der Waals surface area contributed by atoms with Crippen molar-refractivity contribution in [3.8, 4) is 0 Å². The van der Waals surface area contributed by atoms with Crippen LogP contribution in [-0.2, 0) is 23.9 Å². The van der Waals surface area contributed by atoms with Gasteiger partial charge in [0.05, 0.1) is 11.8 Å². The molecule has 3 aliphatic rings. The summed E-state index contributed by atoms with van der Waals surface area (Å²) in [6.07, 6.45) is 0.433. The second kappa shape index (κ2) is 5.21. The average molecular weight is 306 g/mol. The van der Waals surface area contributed by atoms with Gasteiger partial charge in [-0.3, -0.25) is 14.4 Å². The van der Waals surface area contributed by atoms with E-state index in [2.05, 4.69) is 6.92 Å². The average Bonchev–Trinajstić information content (AvgIpc) is 2.83. The van der Waals surface area contributed by atoms with E-state index >= 15 is 0 Å². The number of rotatable bonds is 1. The molecule has 0 unspecified atom stereocenters. The Labute approximate surface area is 130 Å². The van der Waals surface area contributed by atoms with Crippen molar-refractivity contribution in [2.75, 3.05) is 0 Å². The monoisotopic (exact) mass is 306 g/mol. The van der Waals surface area contributed by atoms with E-state index in [1.54, 1.807) is 0 Å². The molecule has 3 rings (SSSR count). The Morgan fingerprint density at radius 2 is 1.95 bits per heavy atom. The molecule has 0 N–H and O–H groups in total. The van der Waals surface area contributed by atoms with E-state index in [9.17, 15) is 14.4 Å². The van der Waals surface area contributed by atoms with Crippen molar-refractivity contribution in [3.63, 3.8) is 0 Å². The number of hydrogen-bond acceptors (Lipinski definition) is 5. The summed E-state index contributed by atoms with van der Waals surface area (Å²) < 4.78 is 11.1. The van der Waals surface area contributed by atoms with Gasteiger partial charge in [-0.1, -0.05) is 13.8 Å². The largest absolute Gasteiger partial charge is 0.462 e. The molecule has 1 heterocycles. The molecule has 0 radical (unpaired) electrons. The quantitative estimate of drug-likeness (QED) is 0.693. The van der Waals surface area contributed by atoms with Gasteiger partial charge in [-0.05, 0) is 36.3 Å². The van der Waals surface area contributed by atoms with Gasteiger partial charge in [-0.15, -0.1) is 0 Å². The van der Waals surface area contributed by atoms with E-state index in [0.29, 0.717) is 18.4 Å². The highest BCUT2D eigenvalue weighted by atomic mass is 16.6. The maximum atomic E-state index is 12.2. The number of carbonyl (C=O) groups excluding carboxylic acids is 3. The molecule has 1 aliphatic heterocycles. The van der Waals surface area contributed by atoms with Gasteiger partial charge in [0.1, 0.15) is 12.2 Å². The first-order valence-electron chi connectivity index (χ1n) is 7.92. The van der Waals surface area contributed by atoms with E-state index in [1.165, 1.54) is 6.92 Å². The number of ether oxygens (including phenoxy) is 2. The fourth-order valence-electron chi connectivity index (χ4n) is 4.37. The van der Waals surface area contributed by atoms with Crippen molar-refractivity contribution in [3.05, 3.63) is 11.1 Å². The fourth-order valence-corrected chi connectivity index (χ4v) is 4.37. The Hall–Kier alpha value is -1.65. The Balaban J connectivity index is 2.10. The third kappa shape index (κ3) is 2.18. The standard InChI is InChI=1S/C17H22O5/c1-7-5-13-15(9(3)17(20)22-13)16(21-10(4)18)14-8(2)12(19)6-11(7)14/h7,9,11,13,15-16H,5-6H2,1-4H3/t7-,9+,11+,13+,15+,16+/m0/s1. The zero-order valence-electron chi connectivity index (χ0n) is 13.4. The lowest BCUT2D eigenvalue weighted by Crippen LogP contribution is -2.36. The van der Waals surface area contributed by atoms with Gasteiger partial charge in [-0.2, -0.15) is 0 Å². The Morgan fingerprint density at radius 3 is 2.59 bits per heavy atom. The van der Waals surface area contributed by atoms with E-state index in [4.69, 9.17) is 9.47 Å². The van der Waals surface area contributed by atoms with Crippen LogP contribution in [0, 0.1) is 23.7 Å². The Bertz CT molecular complexity index is 576. The lowest BCUT2D eigenvalue weighted by molar-refractivity contribution is -0.148. The molecule has 1 saturated heterocycles. The van der Waals surface area contributed by atoms with Crippen molar-refractivity contribution in [1.82, 2.24) is 0 Å². The molecule has 0 aromatic carbocycles. The molecule has 22 heavy (non-hydrogen) atoms. The van der Waals surface area contributed by atoms with Gasteiger partial charge in [0.15, 0.2) is 5.78 Å². The Kier molecular flexibility index (Phi) is 3.62. The zero-order valence-corrected chi connectivity index (χ0v) is 13.4. The van der Waals surface area contributed by atoms with E-state index < -0.39 is 6.10 Å². The second-order valence-corrected chi connectivity index (χ2v) is 6.90. The lowest BCUT2D eigenvalue weighted by Gasteiger charge is -2.28. The molecule has 0 spiro atoms. The second-order valence-electron chi connectivity index (χ2n) is 6.90. The van der Waals surface area contributed by atoms with E-state index in [1.807, 2.05) is 13.8 Å². The number of Topliss-reactive ketones (excluding diaryl/α,β-unsaturated/α-hetero) is 1. The Morgan fingerprint density at radius 1 is 1.27 bits per heavy atom. The number of carbonyl (C=O) groups is 3. The summed E-state index contributed by atoms with van der Waals surface area (Å²) in [6, 6.07) is 0. The van der Waals surface area contributed by atoms with Gasteiger partial charge in [0.2, 0.25) is 0 Å². The summed E-state index contributed by atoms with van der Waals surface area (Å²) in [7, 11) is 0. The first-order chi connectivity index (χ1) is 10.3. The minimum atomic E-state index is -0.523. The number of fused-ring (bicyclic) bond motifs is 2. The molecule has 0 amide bonds. The predicted molar refractivity (Wildman–Crippen MR) is 77.7 cm³/mol. The van der Waals surface area contributed by atoms with Crippen molar-refractivity contribution in [2.24, 2.45) is 23.7 Å². The third-order valence-corrected chi connectivity index (χ3v) is 5.54. The van der Waals surface area contributed by atoms with Crippen LogP contribution in [0.5, 0.6) is 0 Å². The molecule has 1 saturated carbocycles. The highest BCUT2D eigenvalue weighted by molar-refractivity contribution is 5.99. The first-order valence-corrected chi connectivity index (χ1v) is 7.92. The predicted octanol–water partition coefficient (Wildman–Crippen LogP) is 2.04. The number of hydrogen-bond donors (Lipinski definition) is 0. The maximum absolute atomic E-state index is 12.2. The normalized spacial score (nSPS) is 40.9. The molecule has 5 heteroatoms. The van der Waals surface area contributed by atoms with Crippen LogP contribution in [0.1, 0.15) is 40.5 Å². The highest BCUT2D eigenvalue weighted by Crippen LogP contribution is 2.49. The summed E-state index contributed by atoms with van der Waals surface area (Å²) in [5.41, 5.74) is 1.63. The molecule has 2 fully saturated rings. The molecule has 0 aromatic heterocycles. The topological polar surface area (TPSA) is 69.7 Å². The van der Waals surface area contributed by atoms with Gasteiger partial charge in [0, 0.05) is 13.3 Å². The van der Waals surface area contributed by atoms with Crippen LogP contribution in [0.25, 0.3) is 0 Å². The van der Waals surface area contributed by atoms with Crippen LogP contribution in [0.4, 0.5) is 0 Å². The van der Waals surface area contributed by atoms with E-state index in [0.717, 1.165) is 5.57 Å². The van der Waals surface area contributed by atoms with Gasteiger partial charge < -0.3 is 9.47 Å². The van der Waals surface area contributed by atoms with Gasteiger partial charge >= 0.3 is 11.9 Å². The molecule has 120 valence electrons. The summed E-state index contributed by atoms with van der Waals surface area (Å²) in [6.45, 7) is 7.08. The maximum Gasteiger partial charge on any atom is 0.309 e. The molecular weight excluding hydrogens is 284 g/mol. The molecular formula is C17H22O5. The van der Waals surface area contributed by atoms with Crippen LogP contribution < -0.4 is 0 Å². The van der Waals surface area contributed by atoms with Gasteiger partial charge in [0.25, 0.3) is 0 Å². The third-order valence-electron chi connectivity index (χ3n) is 5.54. The minimum absolute atomic E-state index is 0.0911. The first kappa shape index (κ1) is 15.3. The van der Waals surface area contributed by atoms with Crippen LogP contribution in [-0.4, -0.2) is 29.9 Å². The van der Waals surface area contributed by atoms with Crippen molar-refractivity contribution < 1.29 is 23.9 Å². The number of esters is 2. The summed E-state index contributed by atoms with van der Waals surface area (Å²) in [5, 5.41) is 0. The van der Waals surface area contributed by atoms with Gasteiger partial charge in [-0.25, -0.2) is 0 Å². The summed E-state index contributed by atoms with van der Waals surface area (Å²) in [5.74, 6) is -0.698. The van der Waals surface area contributed by atoms with Crippen LogP contribution >= 0.6 is 0 Å². The smallest absolute Gasteiger partial charge is 0.309 e. The molecule has 0 aromatic rings. The minimum Gasteiger partial charge on any atom is -0.462 e. The summed E-state index contributed by atoms with van der Waals surface area (Å²) >= 11 is 0.